The van der Waals surface area contributed by atoms with Crippen molar-refractivity contribution in [1.29, 1.82) is 0 Å². The summed E-state index contributed by atoms with van der Waals surface area (Å²) in [5.41, 5.74) is 0.772. The number of rotatable bonds is 14. The molecule has 4 rings (SSSR count). The van der Waals surface area contributed by atoms with Gasteiger partial charge in [-0.05, 0) is 43.7 Å². The standard InChI is InChI=1S/C32H45N3O4S/c1-6-9-19-33(17-7-2)31(39)28-32-16-15-25(40-32)26(27(32)30(38)35(28)24(21-36)20-22(4)5)29(37)34(18-8-3)23-13-11-10-12-14-23/h7-8,10-14,22,24-28,36H,2-3,6,9,15-21H2,1,4-5H3/t24-,25-,26+,27+,28?,32?/m1/s1. The predicted molar refractivity (Wildman–Crippen MR) is 162 cm³/mol. The van der Waals surface area contributed by atoms with Crippen molar-refractivity contribution in [3.8, 4) is 0 Å². The first-order valence-corrected chi connectivity index (χ1v) is 15.6. The summed E-state index contributed by atoms with van der Waals surface area (Å²) in [6.07, 6.45) is 7.32. The Morgan fingerprint density at radius 2 is 1.88 bits per heavy atom. The minimum Gasteiger partial charge on any atom is -0.394 e. The molecule has 3 fully saturated rings. The number of unbranched alkanes of at least 4 members (excludes halogenated alkanes) is 1. The maximum Gasteiger partial charge on any atom is 0.247 e. The lowest BCUT2D eigenvalue weighted by molar-refractivity contribution is -0.146. The molecule has 1 N–H and O–H groups in total. The third-order valence-corrected chi connectivity index (χ3v) is 10.6. The molecule has 218 valence electrons. The summed E-state index contributed by atoms with van der Waals surface area (Å²) in [4.78, 5) is 48.5. The van der Waals surface area contributed by atoms with E-state index >= 15 is 0 Å². The maximum atomic E-state index is 14.5. The van der Waals surface area contributed by atoms with E-state index in [1.165, 1.54) is 0 Å². The number of aliphatic hydroxyl groups excluding tert-OH is 1. The molecule has 3 heterocycles. The zero-order valence-electron chi connectivity index (χ0n) is 24.2. The van der Waals surface area contributed by atoms with Crippen molar-refractivity contribution in [3.05, 3.63) is 55.6 Å². The highest BCUT2D eigenvalue weighted by molar-refractivity contribution is 8.02. The van der Waals surface area contributed by atoms with Gasteiger partial charge in [-0.25, -0.2) is 0 Å². The number of thioether (sulfide) groups is 1. The van der Waals surface area contributed by atoms with E-state index < -0.39 is 28.7 Å². The monoisotopic (exact) mass is 567 g/mol. The third kappa shape index (κ3) is 5.37. The number of fused-ring (bicyclic) bond motifs is 1. The molecule has 0 saturated carbocycles. The lowest BCUT2D eigenvalue weighted by Crippen LogP contribution is -2.57. The van der Waals surface area contributed by atoms with E-state index in [1.807, 2.05) is 35.2 Å². The van der Waals surface area contributed by atoms with Crippen molar-refractivity contribution in [1.82, 2.24) is 9.80 Å². The average Bonchev–Trinajstić information content (AvgIpc) is 3.59. The third-order valence-electron chi connectivity index (χ3n) is 8.69. The smallest absolute Gasteiger partial charge is 0.247 e. The lowest BCUT2D eigenvalue weighted by atomic mass is 9.70. The SMILES string of the molecule is C=CCN(CCCC)C(=O)C1N([C@@H](CO)CC(C)C)C(=O)[C@@H]2[C@@H](C(=O)N(CC=C)c3ccccc3)[C@H]3CCC12S3. The molecule has 2 unspecified atom stereocenters. The summed E-state index contributed by atoms with van der Waals surface area (Å²) in [6, 6.07) is 8.32. The van der Waals surface area contributed by atoms with Crippen LogP contribution in [0.2, 0.25) is 0 Å². The molecule has 0 radical (unpaired) electrons. The van der Waals surface area contributed by atoms with Crippen molar-refractivity contribution < 1.29 is 19.5 Å². The Balaban J connectivity index is 1.78. The van der Waals surface area contributed by atoms with Gasteiger partial charge in [0.15, 0.2) is 0 Å². The van der Waals surface area contributed by atoms with E-state index in [0.717, 1.165) is 24.9 Å². The molecule has 40 heavy (non-hydrogen) atoms. The molecule has 7 nitrogen and oxygen atoms in total. The normalized spacial score (nSPS) is 27.5. The van der Waals surface area contributed by atoms with Gasteiger partial charge in [0, 0.05) is 30.6 Å². The van der Waals surface area contributed by atoms with E-state index in [-0.39, 0.29) is 35.5 Å². The van der Waals surface area contributed by atoms with E-state index in [9.17, 15) is 19.5 Å². The van der Waals surface area contributed by atoms with Crippen LogP contribution in [0.15, 0.2) is 55.6 Å². The summed E-state index contributed by atoms with van der Waals surface area (Å²) in [6.45, 7) is 15.1. The number of aliphatic hydroxyl groups is 1. The molecule has 1 spiro atoms. The van der Waals surface area contributed by atoms with Crippen LogP contribution in [0.3, 0.4) is 0 Å². The van der Waals surface area contributed by atoms with Gasteiger partial charge in [-0.15, -0.1) is 24.9 Å². The molecule has 2 bridgehead atoms. The van der Waals surface area contributed by atoms with Crippen molar-refractivity contribution >= 4 is 35.2 Å². The Kier molecular flexibility index (Phi) is 9.83. The molecule has 0 aromatic heterocycles. The average molecular weight is 568 g/mol. The topological polar surface area (TPSA) is 81.2 Å². The molecule has 8 heteroatoms. The van der Waals surface area contributed by atoms with Gasteiger partial charge in [0.05, 0.1) is 29.2 Å². The minimum absolute atomic E-state index is 0.0314. The summed E-state index contributed by atoms with van der Waals surface area (Å²) in [5.74, 6) is -1.24. The zero-order valence-corrected chi connectivity index (χ0v) is 25.0. The Morgan fingerprint density at radius 1 is 1.18 bits per heavy atom. The highest BCUT2D eigenvalue weighted by Gasteiger charge is 2.74. The molecule has 1 aromatic rings. The number of carbonyl (C=O) groups is 3. The number of nitrogens with zero attached hydrogens (tertiary/aromatic N) is 3. The van der Waals surface area contributed by atoms with Gasteiger partial charge in [0.25, 0.3) is 0 Å². The van der Waals surface area contributed by atoms with E-state index in [0.29, 0.717) is 32.5 Å². The van der Waals surface area contributed by atoms with Gasteiger partial charge in [0.2, 0.25) is 17.7 Å². The Bertz CT molecular complexity index is 1090. The predicted octanol–water partition coefficient (Wildman–Crippen LogP) is 4.52. The number of hydrogen-bond acceptors (Lipinski definition) is 5. The summed E-state index contributed by atoms with van der Waals surface area (Å²) >= 11 is 1.68. The molecule has 3 amide bonds. The molecular weight excluding hydrogens is 522 g/mol. The van der Waals surface area contributed by atoms with Crippen molar-refractivity contribution in [2.45, 2.75) is 75.0 Å². The molecule has 3 aliphatic heterocycles. The van der Waals surface area contributed by atoms with Crippen LogP contribution in [0.25, 0.3) is 0 Å². The number of hydrogen-bond donors (Lipinski definition) is 1. The van der Waals surface area contributed by atoms with Gasteiger partial charge in [-0.1, -0.05) is 57.5 Å². The highest BCUT2D eigenvalue weighted by atomic mass is 32.2. The van der Waals surface area contributed by atoms with Crippen LogP contribution in [-0.2, 0) is 14.4 Å². The van der Waals surface area contributed by atoms with E-state index in [4.69, 9.17) is 0 Å². The minimum atomic E-state index is -0.713. The molecule has 1 aromatic carbocycles. The first-order chi connectivity index (χ1) is 19.2. The fourth-order valence-electron chi connectivity index (χ4n) is 7.07. The highest BCUT2D eigenvalue weighted by Crippen LogP contribution is 2.67. The quantitative estimate of drug-likeness (QED) is 0.335. The number of carbonyl (C=O) groups excluding carboxylic acids is 3. The van der Waals surface area contributed by atoms with Crippen LogP contribution in [0.1, 0.15) is 52.9 Å². The summed E-state index contributed by atoms with van der Waals surface area (Å²) in [7, 11) is 0. The first kappa shape index (κ1) is 30.4. The fourth-order valence-corrected chi connectivity index (χ4v) is 9.27. The Labute approximate surface area is 243 Å². The van der Waals surface area contributed by atoms with E-state index in [1.54, 1.807) is 33.7 Å². The number of para-hydroxylation sites is 1. The number of anilines is 1. The summed E-state index contributed by atoms with van der Waals surface area (Å²) < 4.78 is -0.689. The second-order valence-corrected chi connectivity index (χ2v) is 13.4. The van der Waals surface area contributed by atoms with Crippen molar-refractivity contribution in [2.24, 2.45) is 17.8 Å². The molecule has 0 aliphatic carbocycles. The largest absolute Gasteiger partial charge is 0.394 e. The summed E-state index contributed by atoms with van der Waals surface area (Å²) in [5, 5.41) is 10.5. The lowest BCUT2D eigenvalue weighted by Gasteiger charge is -2.40. The zero-order chi connectivity index (χ0) is 29.0. The number of benzene rings is 1. The molecule has 6 atom stereocenters. The van der Waals surface area contributed by atoms with Crippen molar-refractivity contribution in [3.63, 3.8) is 0 Å². The number of amides is 3. The molecule has 3 aliphatic rings. The van der Waals surface area contributed by atoms with Gasteiger partial charge < -0.3 is 19.8 Å². The fraction of sp³-hybridized carbons (Fsp3) is 0.594. The van der Waals surface area contributed by atoms with Crippen molar-refractivity contribution in [2.75, 3.05) is 31.1 Å². The van der Waals surface area contributed by atoms with Gasteiger partial charge in [0.1, 0.15) is 6.04 Å². The number of likely N-dealkylation sites (tertiary alicyclic amines) is 1. The van der Waals surface area contributed by atoms with Gasteiger partial charge in [-0.2, -0.15) is 0 Å². The second-order valence-electron chi connectivity index (χ2n) is 11.8. The van der Waals surface area contributed by atoms with Crippen LogP contribution in [-0.4, -0.2) is 80.9 Å². The van der Waals surface area contributed by atoms with Gasteiger partial charge in [-0.3, -0.25) is 14.4 Å². The van der Waals surface area contributed by atoms with Gasteiger partial charge >= 0.3 is 0 Å². The molecular formula is C32H45N3O4S. The molecule has 3 saturated heterocycles. The second kappa shape index (κ2) is 12.9. The maximum absolute atomic E-state index is 14.5. The Hall–Kier alpha value is -2.58. The van der Waals surface area contributed by atoms with Crippen LogP contribution < -0.4 is 4.90 Å². The van der Waals surface area contributed by atoms with Crippen LogP contribution in [0, 0.1) is 17.8 Å². The van der Waals surface area contributed by atoms with Crippen LogP contribution >= 0.6 is 11.8 Å². The van der Waals surface area contributed by atoms with Crippen LogP contribution in [0.5, 0.6) is 0 Å². The van der Waals surface area contributed by atoms with Crippen LogP contribution in [0.4, 0.5) is 5.69 Å². The van der Waals surface area contributed by atoms with E-state index in [2.05, 4.69) is 33.9 Å². The first-order valence-electron chi connectivity index (χ1n) is 14.7. The Morgan fingerprint density at radius 3 is 2.48 bits per heavy atom.